The number of aliphatic imine (C=N–C) groups is 1. The van der Waals surface area contributed by atoms with Crippen LogP contribution in [0.25, 0.3) is 0 Å². The van der Waals surface area contributed by atoms with Crippen LogP contribution < -0.4 is 10.6 Å². The standard InChI is InChI=1S/C13H30N4O2S/c1-5-7-8-10-15-13(14-3)16-11-9-12-17(6-2)20(4,18)19/h5-12H2,1-4H3,(H2,14,15,16). The van der Waals surface area contributed by atoms with Crippen molar-refractivity contribution in [2.45, 2.75) is 39.5 Å². The number of hydrogen-bond donors (Lipinski definition) is 2. The quantitative estimate of drug-likeness (QED) is 0.359. The molecule has 0 aromatic rings. The lowest BCUT2D eigenvalue weighted by atomic mass is 10.2. The van der Waals surface area contributed by atoms with Crippen LogP contribution in [0, 0.1) is 0 Å². The van der Waals surface area contributed by atoms with Crippen molar-refractivity contribution in [1.29, 1.82) is 0 Å². The van der Waals surface area contributed by atoms with Gasteiger partial charge in [-0.25, -0.2) is 12.7 Å². The fraction of sp³-hybridized carbons (Fsp3) is 0.923. The predicted octanol–water partition coefficient (Wildman–Crippen LogP) is 1.01. The SMILES string of the molecule is CCCCCNC(=NC)NCCCN(CC)S(C)(=O)=O. The first-order valence-corrected chi connectivity index (χ1v) is 9.20. The minimum absolute atomic E-state index is 0.517. The molecule has 7 heteroatoms. The topological polar surface area (TPSA) is 73.8 Å². The maximum absolute atomic E-state index is 11.4. The van der Waals surface area contributed by atoms with Gasteiger partial charge < -0.3 is 10.6 Å². The summed E-state index contributed by atoms with van der Waals surface area (Å²) in [5.74, 6) is 0.781. The van der Waals surface area contributed by atoms with Crippen LogP contribution in [-0.2, 0) is 10.0 Å². The second-order valence-electron chi connectivity index (χ2n) is 4.74. The number of sulfonamides is 1. The zero-order chi connectivity index (χ0) is 15.4. The number of hydrogen-bond acceptors (Lipinski definition) is 3. The summed E-state index contributed by atoms with van der Waals surface area (Å²) < 4.78 is 24.3. The molecule has 6 nitrogen and oxygen atoms in total. The number of unbranched alkanes of at least 4 members (excludes halogenated alkanes) is 2. The molecule has 120 valence electrons. The third-order valence-electron chi connectivity index (χ3n) is 2.99. The fourth-order valence-electron chi connectivity index (χ4n) is 1.82. The molecule has 0 amide bonds. The second-order valence-corrected chi connectivity index (χ2v) is 6.72. The van der Waals surface area contributed by atoms with Crippen LogP contribution in [0.1, 0.15) is 39.5 Å². The zero-order valence-corrected chi connectivity index (χ0v) is 14.1. The molecule has 0 aromatic heterocycles. The van der Waals surface area contributed by atoms with Gasteiger partial charge in [0.25, 0.3) is 0 Å². The maximum Gasteiger partial charge on any atom is 0.211 e. The van der Waals surface area contributed by atoms with E-state index in [1.807, 2.05) is 6.92 Å². The monoisotopic (exact) mass is 306 g/mol. The van der Waals surface area contributed by atoms with E-state index in [1.165, 1.54) is 23.4 Å². The van der Waals surface area contributed by atoms with Crippen molar-refractivity contribution < 1.29 is 8.42 Å². The lowest BCUT2D eigenvalue weighted by Gasteiger charge is -2.18. The summed E-state index contributed by atoms with van der Waals surface area (Å²) in [6.45, 7) is 6.70. The van der Waals surface area contributed by atoms with Gasteiger partial charge in [0.05, 0.1) is 6.26 Å². The summed E-state index contributed by atoms with van der Waals surface area (Å²) in [7, 11) is -1.34. The van der Waals surface area contributed by atoms with Crippen molar-refractivity contribution in [3.63, 3.8) is 0 Å². The summed E-state index contributed by atoms with van der Waals surface area (Å²) in [6.07, 6.45) is 5.56. The van der Waals surface area contributed by atoms with Crippen LogP contribution in [0.15, 0.2) is 4.99 Å². The highest BCUT2D eigenvalue weighted by Crippen LogP contribution is 1.98. The number of rotatable bonds is 10. The Hall–Kier alpha value is -0.820. The first-order chi connectivity index (χ1) is 9.45. The van der Waals surface area contributed by atoms with Crippen molar-refractivity contribution in [3.8, 4) is 0 Å². The summed E-state index contributed by atoms with van der Waals surface area (Å²) in [4.78, 5) is 4.13. The van der Waals surface area contributed by atoms with Crippen molar-refractivity contribution in [2.75, 3.05) is 39.5 Å². The molecule has 0 bridgehead atoms. The molecule has 0 saturated heterocycles. The summed E-state index contributed by atoms with van der Waals surface area (Å²) in [6, 6.07) is 0. The van der Waals surface area contributed by atoms with Gasteiger partial charge in [-0.05, 0) is 12.8 Å². The van der Waals surface area contributed by atoms with Crippen molar-refractivity contribution in [2.24, 2.45) is 4.99 Å². The van der Waals surface area contributed by atoms with E-state index in [4.69, 9.17) is 0 Å². The highest BCUT2D eigenvalue weighted by atomic mass is 32.2. The average molecular weight is 306 g/mol. The van der Waals surface area contributed by atoms with Gasteiger partial charge in [0.15, 0.2) is 5.96 Å². The van der Waals surface area contributed by atoms with E-state index < -0.39 is 10.0 Å². The van der Waals surface area contributed by atoms with Crippen molar-refractivity contribution in [3.05, 3.63) is 0 Å². The van der Waals surface area contributed by atoms with Gasteiger partial charge in [0.2, 0.25) is 10.0 Å². The van der Waals surface area contributed by atoms with E-state index in [-0.39, 0.29) is 0 Å². The molecule has 0 heterocycles. The Balaban J connectivity index is 3.86. The molecule has 0 aromatic carbocycles. The number of guanidine groups is 1. The van der Waals surface area contributed by atoms with E-state index in [9.17, 15) is 8.42 Å². The van der Waals surface area contributed by atoms with Crippen LogP contribution in [0.2, 0.25) is 0 Å². The van der Waals surface area contributed by atoms with E-state index >= 15 is 0 Å². The summed E-state index contributed by atoms with van der Waals surface area (Å²) >= 11 is 0. The molecule has 0 aliphatic rings. The Morgan fingerprint density at radius 1 is 1.10 bits per heavy atom. The Morgan fingerprint density at radius 3 is 2.15 bits per heavy atom. The normalized spacial score (nSPS) is 12.8. The summed E-state index contributed by atoms with van der Waals surface area (Å²) in [5, 5.41) is 6.44. The Labute approximate surface area is 124 Å². The maximum atomic E-state index is 11.4. The van der Waals surface area contributed by atoms with Crippen LogP contribution in [0.4, 0.5) is 0 Å². The van der Waals surface area contributed by atoms with E-state index in [0.29, 0.717) is 19.6 Å². The molecule has 0 aliphatic heterocycles. The van der Waals surface area contributed by atoms with Crippen LogP contribution in [-0.4, -0.2) is 58.2 Å². The van der Waals surface area contributed by atoms with E-state index in [2.05, 4.69) is 22.5 Å². The van der Waals surface area contributed by atoms with Gasteiger partial charge in [0, 0.05) is 33.2 Å². The molecule has 20 heavy (non-hydrogen) atoms. The van der Waals surface area contributed by atoms with Crippen molar-refractivity contribution in [1.82, 2.24) is 14.9 Å². The number of nitrogens with one attached hydrogen (secondary N) is 2. The average Bonchev–Trinajstić information content (AvgIpc) is 2.39. The smallest absolute Gasteiger partial charge is 0.211 e. The molecule has 0 fully saturated rings. The van der Waals surface area contributed by atoms with Gasteiger partial charge in [-0.3, -0.25) is 4.99 Å². The molecule has 0 rings (SSSR count). The van der Waals surface area contributed by atoms with Crippen molar-refractivity contribution >= 4 is 16.0 Å². The van der Waals surface area contributed by atoms with Gasteiger partial charge in [-0.1, -0.05) is 26.7 Å². The van der Waals surface area contributed by atoms with Crippen LogP contribution >= 0.6 is 0 Å². The lowest BCUT2D eigenvalue weighted by Crippen LogP contribution is -2.39. The van der Waals surface area contributed by atoms with E-state index in [0.717, 1.165) is 25.3 Å². The number of nitrogens with zero attached hydrogens (tertiary/aromatic N) is 2. The van der Waals surface area contributed by atoms with E-state index in [1.54, 1.807) is 7.05 Å². The van der Waals surface area contributed by atoms with Gasteiger partial charge >= 0.3 is 0 Å². The van der Waals surface area contributed by atoms with Crippen LogP contribution in [0.3, 0.4) is 0 Å². The molecular weight excluding hydrogens is 276 g/mol. The molecule has 2 N–H and O–H groups in total. The highest BCUT2D eigenvalue weighted by molar-refractivity contribution is 7.88. The molecule has 0 atom stereocenters. The minimum atomic E-state index is -3.08. The van der Waals surface area contributed by atoms with Gasteiger partial charge in [-0.2, -0.15) is 0 Å². The molecule has 0 radical (unpaired) electrons. The first kappa shape index (κ1) is 19.2. The van der Waals surface area contributed by atoms with Gasteiger partial charge in [0.1, 0.15) is 0 Å². The van der Waals surface area contributed by atoms with Crippen LogP contribution in [0.5, 0.6) is 0 Å². The summed E-state index contributed by atoms with van der Waals surface area (Å²) in [5.41, 5.74) is 0. The third kappa shape index (κ3) is 9.14. The zero-order valence-electron chi connectivity index (χ0n) is 13.3. The molecule has 0 spiro atoms. The highest BCUT2D eigenvalue weighted by Gasteiger charge is 2.13. The second kappa shape index (κ2) is 10.9. The minimum Gasteiger partial charge on any atom is -0.356 e. The molecular formula is C13H30N4O2S. The van der Waals surface area contributed by atoms with Gasteiger partial charge in [-0.15, -0.1) is 0 Å². The largest absolute Gasteiger partial charge is 0.356 e. The first-order valence-electron chi connectivity index (χ1n) is 7.35. The fourth-order valence-corrected chi connectivity index (χ4v) is 2.75. The Kier molecular flexibility index (Phi) is 10.5. The molecule has 0 aliphatic carbocycles. The molecule has 0 saturated carbocycles. The predicted molar refractivity (Wildman–Crippen MR) is 85.6 cm³/mol. The third-order valence-corrected chi connectivity index (χ3v) is 4.37. The molecule has 0 unspecified atom stereocenters. The Bertz CT molecular complexity index is 369. The lowest BCUT2D eigenvalue weighted by molar-refractivity contribution is 0.424. The Morgan fingerprint density at radius 2 is 1.70 bits per heavy atom.